The van der Waals surface area contributed by atoms with Crippen molar-refractivity contribution in [2.45, 2.75) is 192 Å². The van der Waals surface area contributed by atoms with E-state index in [2.05, 4.69) is 57.8 Å². The molecule has 12 amide bonds. The molecule has 10 atom stereocenters. The van der Waals surface area contributed by atoms with E-state index in [4.69, 9.17) is 22.9 Å². The van der Waals surface area contributed by atoms with Gasteiger partial charge in [0.25, 0.3) is 0 Å². The lowest BCUT2D eigenvalue weighted by Gasteiger charge is -2.30. The molecule has 0 radical (unpaired) electrons. The highest BCUT2D eigenvalue weighted by molar-refractivity contribution is 5.99. The molecule has 20 N–H and O–H groups in total. The number of carbonyl (C=O) groups is 14. The SMILES string of the molecule is CC(C)C[C@H](NC(=O)[C@@H]1CCCN1C(=O)[C@H](Cc1c[nH]c2ccccc12)NC(=O)CNC(=O)[C@@H]1CCCN1C(=O)[C@@H](N)CC(C)C)C(=O)N[C@@H](C)C(=O)N[C@@H](CCC(=O)O)C(=O)N[C@@H](CCCN=C(N)N)C(=O)N[C@H](C(=O)NCC(=O)N[C@@H](CCC(N)=O)C(=O)O)C(C)C. The normalized spacial score (nSPS) is 17.1. The summed E-state index contributed by atoms with van der Waals surface area (Å²) in [6, 6.07) is -5.51. The van der Waals surface area contributed by atoms with Crippen molar-refractivity contribution in [3.8, 4) is 0 Å². The average Bonchev–Trinajstić information content (AvgIpc) is 1.64. The largest absolute Gasteiger partial charge is 0.481 e. The van der Waals surface area contributed by atoms with E-state index in [-0.39, 0.29) is 81.7 Å². The molecular weight excluding hydrogens is 1230 g/mol. The van der Waals surface area contributed by atoms with Crippen LogP contribution < -0.4 is 70.8 Å². The van der Waals surface area contributed by atoms with Gasteiger partial charge in [0, 0.05) is 56.0 Å². The zero-order chi connectivity index (χ0) is 70.1. The Morgan fingerprint density at radius 3 is 1.74 bits per heavy atom. The quantitative estimate of drug-likeness (QED) is 0.0178. The van der Waals surface area contributed by atoms with E-state index >= 15 is 0 Å². The van der Waals surface area contributed by atoms with E-state index in [0.717, 1.165) is 10.9 Å². The zero-order valence-corrected chi connectivity index (χ0v) is 54.4. The van der Waals surface area contributed by atoms with Crippen molar-refractivity contribution in [3.63, 3.8) is 0 Å². The van der Waals surface area contributed by atoms with Gasteiger partial charge in [0.05, 0.1) is 19.1 Å². The Morgan fingerprint density at radius 2 is 1.15 bits per heavy atom. The fourth-order valence-electron chi connectivity index (χ4n) is 11.0. The standard InChI is InChI=1S/C61H95N17O16/c1-31(2)25-37(62)58(91)77-23-11-16-44(77)55(88)68-29-48(81)72-43(27-35-28-67-38-14-9-8-13-36(35)38)59(92)78-24-12-17-45(78)56(89)75-42(26-32(3)4)54(87)70-34(7)51(84)73-40(19-21-49(82)83)52(85)74-39(15-10-22-66-61(64)65)53(86)76-50(33(5)6)57(90)69-30-47(80)71-41(60(93)94)18-20-46(63)79/h8-9,13-14,28,31-34,37,39-45,50,67H,10-12,15-27,29-30,62H2,1-7H3,(H2,63,79)(H,68,88)(H,69,90)(H,70,87)(H,71,80)(H,72,81)(H,73,84)(H,74,85)(H,75,89)(H,76,86)(H,82,83)(H,93,94)(H4,64,65,66)/t34-,37-,39-,40-,41-,42-,43-,44-,45-,50-/m0/s1. The minimum atomic E-state index is -1.66. The highest BCUT2D eigenvalue weighted by atomic mass is 16.4. The third kappa shape index (κ3) is 24.6. The Labute approximate surface area is 544 Å². The summed E-state index contributed by atoms with van der Waals surface area (Å²) in [7, 11) is 0. The number of benzene rings is 1. The second kappa shape index (κ2) is 37.3. The number of aromatic amines is 1. The van der Waals surface area contributed by atoms with Gasteiger partial charge in [0.15, 0.2) is 5.96 Å². The van der Waals surface area contributed by atoms with Crippen LogP contribution in [-0.2, 0) is 73.5 Å². The Balaban J connectivity index is 1.48. The Morgan fingerprint density at radius 1 is 0.596 bits per heavy atom. The van der Waals surface area contributed by atoms with Gasteiger partial charge in [-0.25, -0.2) is 4.79 Å². The molecule has 2 aromatic rings. The number of rotatable bonds is 38. The first kappa shape index (κ1) is 77.0. The molecule has 1 aromatic heterocycles. The van der Waals surface area contributed by atoms with E-state index < -0.39 is 169 Å². The molecule has 2 saturated heterocycles. The van der Waals surface area contributed by atoms with Gasteiger partial charge in [-0.2, -0.15) is 0 Å². The lowest BCUT2D eigenvalue weighted by molar-refractivity contribution is -0.142. The molecule has 0 saturated carbocycles. The van der Waals surface area contributed by atoms with Gasteiger partial charge < -0.3 is 95.8 Å². The molecule has 94 heavy (non-hydrogen) atoms. The molecular formula is C61H95N17O16. The lowest BCUT2D eigenvalue weighted by Crippen LogP contribution is -2.60. The van der Waals surface area contributed by atoms with Gasteiger partial charge in [-0.1, -0.05) is 59.7 Å². The summed E-state index contributed by atoms with van der Waals surface area (Å²) >= 11 is 0. The van der Waals surface area contributed by atoms with E-state index in [1.54, 1.807) is 33.9 Å². The molecule has 2 aliphatic heterocycles. The number of aliphatic imine (C=N–C) groups is 1. The molecule has 0 bridgehead atoms. The van der Waals surface area contributed by atoms with Crippen molar-refractivity contribution in [3.05, 3.63) is 36.0 Å². The third-order valence-electron chi connectivity index (χ3n) is 15.8. The van der Waals surface area contributed by atoms with Gasteiger partial charge in [-0.3, -0.25) is 67.3 Å². The fraction of sp³-hybridized carbons (Fsp3) is 0.623. The first-order valence-electron chi connectivity index (χ1n) is 31.6. The summed E-state index contributed by atoms with van der Waals surface area (Å²) in [6.07, 6.45) is 1.59. The summed E-state index contributed by atoms with van der Waals surface area (Å²) in [4.78, 5) is 197. The van der Waals surface area contributed by atoms with Crippen LogP contribution in [0.15, 0.2) is 35.5 Å². The number of carboxylic acid groups (broad SMARTS) is 2. The summed E-state index contributed by atoms with van der Waals surface area (Å²) in [5.74, 6) is -13.3. The molecule has 3 heterocycles. The van der Waals surface area contributed by atoms with Crippen LogP contribution in [0.2, 0.25) is 0 Å². The predicted molar refractivity (Wildman–Crippen MR) is 341 cm³/mol. The van der Waals surface area contributed by atoms with Gasteiger partial charge >= 0.3 is 11.9 Å². The number of amides is 12. The smallest absolute Gasteiger partial charge is 0.326 e. The molecule has 0 unspecified atom stereocenters. The van der Waals surface area contributed by atoms with Crippen LogP contribution in [0.25, 0.3) is 10.9 Å². The summed E-state index contributed by atoms with van der Waals surface area (Å²) in [5.41, 5.74) is 23.7. The van der Waals surface area contributed by atoms with Gasteiger partial charge in [-0.15, -0.1) is 0 Å². The van der Waals surface area contributed by atoms with Crippen molar-refractivity contribution in [2.24, 2.45) is 45.7 Å². The number of nitrogens with one attached hydrogen (secondary N) is 10. The fourth-order valence-corrected chi connectivity index (χ4v) is 11.0. The highest BCUT2D eigenvalue weighted by Gasteiger charge is 2.41. The van der Waals surface area contributed by atoms with Crippen LogP contribution in [-0.4, -0.2) is 207 Å². The molecule has 4 rings (SSSR count). The van der Waals surface area contributed by atoms with E-state index in [1.165, 1.54) is 16.7 Å². The van der Waals surface area contributed by atoms with Crippen molar-refractivity contribution in [1.29, 1.82) is 0 Å². The number of carboxylic acids is 2. The van der Waals surface area contributed by atoms with Gasteiger partial charge in [-0.05, 0) is 101 Å². The molecule has 33 heteroatoms. The van der Waals surface area contributed by atoms with Gasteiger partial charge in [0.1, 0.15) is 54.4 Å². The van der Waals surface area contributed by atoms with Crippen LogP contribution in [0.4, 0.5) is 0 Å². The topological polar surface area (TPSA) is 526 Å². The first-order chi connectivity index (χ1) is 44.3. The van der Waals surface area contributed by atoms with Crippen molar-refractivity contribution in [1.82, 2.24) is 62.6 Å². The van der Waals surface area contributed by atoms with E-state index in [0.29, 0.717) is 37.8 Å². The van der Waals surface area contributed by atoms with Crippen molar-refractivity contribution >= 4 is 99.7 Å². The number of H-pyrrole nitrogens is 1. The average molecular weight is 1320 g/mol. The number of nitrogens with zero attached hydrogens (tertiary/aromatic N) is 3. The number of primary amides is 1. The maximum absolute atomic E-state index is 14.8. The minimum absolute atomic E-state index is 0.0339. The predicted octanol–water partition coefficient (Wildman–Crippen LogP) is -3.32. The van der Waals surface area contributed by atoms with Crippen LogP contribution in [0, 0.1) is 17.8 Å². The number of carbonyl (C=O) groups excluding carboxylic acids is 12. The molecule has 33 nitrogen and oxygen atoms in total. The number of fused-ring (bicyclic) bond motifs is 1. The number of hydrogen-bond donors (Lipinski definition) is 16. The Hall–Kier alpha value is -9.43. The number of aromatic nitrogens is 1. The molecule has 0 spiro atoms. The second-order valence-corrected chi connectivity index (χ2v) is 24.9. The Bertz CT molecular complexity index is 3080. The monoisotopic (exact) mass is 1320 g/mol. The maximum atomic E-state index is 14.8. The first-order valence-corrected chi connectivity index (χ1v) is 31.6. The van der Waals surface area contributed by atoms with Gasteiger partial charge in [0.2, 0.25) is 70.9 Å². The Kier molecular flexibility index (Phi) is 30.6. The van der Waals surface area contributed by atoms with Crippen LogP contribution in [0.1, 0.15) is 131 Å². The number of hydrogen-bond acceptors (Lipinski definition) is 16. The summed E-state index contributed by atoms with van der Waals surface area (Å²) < 4.78 is 0. The lowest BCUT2D eigenvalue weighted by atomic mass is 10.0. The van der Waals surface area contributed by atoms with Crippen molar-refractivity contribution < 1.29 is 77.3 Å². The molecule has 2 aliphatic rings. The third-order valence-corrected chi connectivity index (χ3v) is 15.8. The number of likely N-dealkylation sites (tertiary alicyclic amines) is 2. The van der Waals surface area contributed by atoms with Crippen LogP contribution in [0.5, 0.6) is 0 Å². The van der Waals surface area contributed by atoms with Crippen molar-refractivity contribution in [2.75, 3.05) is 32.7 Å². The molecule has 1 aromatic carbocycles. The highest BCUT2D eigenvalue weighted by Crippen LogP contribution is 2.25. The zero-order valence-electron chi connectivity index (χ0n) is 54.4. The second-order valence-electron chi connectivity index (χ2n) is 24.9. The number of guanidine groups is 1. The van der Waals surface area contributed by atoms with Crippen LogP contribution in [0.3, 0.4) is 0 Å². The van der Waals surface area contributed by atoms with Crippen LogP contribution >= 0.6 is 0 Å². The van der Waals surface area contributed by atoms with E-state index in [9.17, 15) is 77.3 Å². The summed E-state index contributed by atoms with van der Waals surface area (Å²) in [5, 5.41) is 42.5. The van der Waals surface area contributed by atoms with E-state index in [1.807, 2.05) is 38.1 Å². The molecule has 2 fully saturated rings. The number of nitrogens with two attached hydrogens (primary N) is 4. The molecule has 520 valence electrons. The summed E-state index contributed by atoms with van der Waals surface area (Å²) in [6.45, 7) is 10.9. The number of para-hydroxylation sites is 1. The molecule has 0 aliphatic carbocycles. The maximum Gasteiger partial charge on any atom is 0.326 e. The minimum Gasteiger partial charge on any atom is -0.481 e. The number of aliphatic carboxylic acids is 2.